The maximum Gasteiger partial charge on any atom is 0.125 e. The molecule has 0 amide bonds. The molecule has 0 spiro atoms. The smallest absolute Gasteiger partial charge is 0.125 e. The second-order valence-corrected chi connectivity index (χ2v) is 7.43. The van der Waals surface area contributed by atoms with Crippen LogP contribution in [0.15, 0.2) is 36.4 Å². The fourth-order valence-corrected chi connectivity index (χ4v) is 3.13. The number of rotatable bonds is 8. The Morgan fingerprint density at radius 2 is 1.00 bits per heavy atom. The van der Waals surface area contributed by atoms with Crippen LogP contribution in [0.3, 0.4) is 0 Å². The molecule has 0 radical (unpaired) electrons. The van der Waals surface area contributed by atoms with E-state index in [0.717, 1.165) is 11.5 Å². The summed E-state index contributed by atoms with van der Waals surface area (Å²) in [6, 6.07) is 13.1. The molecular formula is C23H33NO2. The van der Waals surface area contributed by atoms with Gasteiger partial charge in [-0.05, 0) is 70.8 Å². The van der Waals surface area contributed by atoms with E-state index in [9.17, 15) is 0 Å². The number of aryl methyl sites for hydroxylation is 4. The molecule has 0 heterocycles. The Labute approximate surface area is 158 Å². The number of hydrogen-bond acceptors (Lipinski definition) is 3. The van der Waals surface area contributed by atoms with Crippen molar-refractivity contribution in [2.24, 2.45) is 0 Å². The minimum atomic E-state index is 0.297. The van der Waals surface area contributed by atoms with E-state index in [1.165, 1.54) is 22.3 Å². The van der Waals surface area contributed by atoms with E-state index in [1.807, 2.05) is 0 Å². The summed E-state index contributed by atoms with van der Waals surface area (Å²) >= 11 is 0. The zero-order valence-corrected chi connectivity index (χ0v) is 17.3. The fraction of sp³-hybridized carbons (Fsp3) is 0.478. The third-order valence-corrected chi connectivity index (χ3v) is 5.15. The van der Waals surface area contributed by atoms with Gasteiger partial charge in [-0.3, -0.25) is 4.90 Å². The van der Waals surface area contributed by atoms with Crippen LogP contribution in [0.2, 0.25) is 0 Å². The van der Waals surface area contributed by atoms with Gasteiger partial charge in [0.1, 0.15) is 24.7 Å². The molecule has 0 saturated heterocycles. The van der Waals surface area contributed by atoms with Crippen LogP contribution in [0, 0.1) is 27.7 Å². The van der Waals surface area contributed by atoms with Gasteiger partial charge in [-0.15, -0.1) is 0 Å². The van der Waals surface area contributed by atoms with Gasteiger partial charge < -0.3 is 9.47 Å². The summed E-state index contributed by atoms with van der Waals surface area (Å²) in [6.45, 7) is 14.1. The van der Waals surface area contributed by atoms with Crippen LogP contribution in [0.4, 0.5) is 0 Å². The van der Waals surface area contributed by atoms with Crippen molar-refractivity contribution >= 4 is 0 Å². The Hall–Kier alpha value is -2.00. The molecule has 0 aliphatic rings. The largest absolute Gasteiger partial charge is 0.491 e. The van der Waals surface area contributed by atoms with Crippen LogP contribution >= 0.6 is 0 Å². The summed E-state index contributed by atoms with van der Waals surface area (Å²) in [4.78, 5) is 2.32. The molecule has 3 heteroatoms. The predicted molar refractivity (Wildman–Crippen MR) is 110 cm³/mol. The van der Waals surface area contributed by atoms with Crippen molar-refractivity contribution in [2.75, 3.05) is 20.3 Å². The van der Waals surface area contributed by atoms with Crippen LogP contribution in [0.5, 0.6) is 11.5 Å². The highest BCUT2D eigenvalue weighted by Crippen LogP contribution is 2.24. The SMILES string of the molecule is Cc1cccc(C)c1OCC(C)N(C)C(C)COc1c(C)cccc1C. The monoisotopic (exact) mass is 355 g/mol. The van der Waals surface area contributed by atoms with Gasteiger partial charge in [-0.1, -0.05) is 36.4 Å². The van der Waals surface area contributed by atoms with Gasteiger partial charge in [0, 0.05) is 12.1 Å². The molecule has 0 aliphatic carbocycles. The first-order valence-electron chi connectivity index (χ1n) is 9.41. The Balaban J connectivity index is 1.90. The van der Waals surface area contributed by atoms with E-state index in [4.69, 9.17) is 9.47 Å². The minimum Gasteiger partial charge on any atom is -0.491 e. The van der Waals surface area contributed by atoms with E-state index < -0.39 is 0 Å². The zero-order chi connectivity index (χ0) is 19.3. The molecule has 2 atom stereocenters. The molecule has 2 aromatic rings. The third-order valence-electron chi connectivity index (χ3n) is 5.15. The first kappa shape index (κ1) is 20.3. The van der Waals surface area contributed by atoms with Gasteiger partial charge in [0.05, 0.1) is 0 Å². The summed E-state index contributed by atoms with van der Waals surface area (Å²) in [5, 5.41) is 0. The molecule has 3 nitrogen and oxygen atoms in total. The molecule has 142 valence electrons. The van der Waals surface area contributed by atoms with Gasteiger partial charge in [0.2, 0.25) is 0 Å². The second kappa shape index (κ2) is 9.09. The molecule has 2 aromatic carbocycles. The topological polar surface area (TPSA) is 21.7 Å². The molecule has 0 aromatic heterocycles. The van der Waals surface area contributed by atoms with Gasteiger partial charge in [-0.2, -0.15) is 0 Å². The van der Waals surface area contributed by atoms with Crippen molar-refractivity contribution in [2.45, 2.75) is 53.6 Å². The molecule has 26 heavy (non-hydrogen) atoms. The molecule has 0 saturated carbocycles. The van der Waals surface area contributed by atoms with Crippen molar-refractivity contribution in [3.63, 3.8) is 0 Å². The fourth-order valence-electron chi connectivity index (χ4n) is 3.13. The lowest BCUT2D eigenvalue weighted by molar-refractivity contribution is 0.104. The molecular weight excluding hydrogens is 322 g/mol. The third kappa shape index (κ3) is 5.01. The number of ether oxygens (including phenoxy) is 2. The minimum absolute atomic E-state index is 0.297. The number of hydrogen-bond donors (Lipinski definition) is 0. The highest BCUT2D eigenvalue weighted by molar-refractivity contribution is 5.40. The van der Waals surface area contributed by atoms with Crippen molar-refractivity contribution in [3.05, 3.63) is 58.7 Å². The van der Waals surface area contributed by atoms with E-state index in [0.29, 0.717) is 25.3 Å². The van der Waals surface area contributed by atoms with Gasteiger partial charge in [0.15, 0.2) is 0 Å². The lowest BCUT2D eigenvalue weighted by Crippen LogP contribution is -2.43. The quantitative estimate of drug-likeness (QED) is 0.658. The summed E-state index contributed by atoms with van der Waals surface area (Å²) in [7, 11) is 2.14. The summed E-state index contributed by atoms with van der Waals surface area (Å²) in [5.74, 6) is 2.01. The highest BCUT2D eigenvalue weighted by atomic mass is 16.5. The molecule has 2 unspecified atom stereocenters. The zero-order valence-electron chi connectivity index (χ0n) is 17.3. The van der Waals surface area contributed by atoms with E-state index in [1.54, 1.807) is 0 Å². The van der Waals surface area contributed by atoms with E-state index in [2.05, 4.69) is 89.9 Å². The summed E-state index contributed by atoms with van der Waals surface area (Å²) in [6.07, 6.45) is 0. The maximum atomic E-state index is 6.12. The second-order valence-electron chi connectivity index (χ2n) is 7.43. The van der Waals surface area contributed by atoms with Crippen molar-refractivity contribution in [1.29, 1.82) is 0 Å². The Morgan fingerprint density at radius 1 is 0.692 bits per heavy atom. The van der Waals surface area contributed by atoms with Gasteiger partial charge >= 0.3 is 0 Å². The van der Waals surface area contributed by atoms with Crippen LogP contribution in [-0.4, -0.2) is 37.2 Å². The highest BCUT2D eigenvalue weighted by Gasteiger charge is 2.18. The lowest BCUT2D eigenvalue weighted by Gasteiger charge is -2.31. The van der Waals surface area contributed by atoms with Crippen LogP contribution < -0.4 is 9.47 Å². The Bertz CT molecular complexity index is 624. The average molecular weight is 356 g/mol. The van der Waals surface area contributed by atoms with Crippen molar-refractivity contribution in [1.82, 2.24) is 4.90 Å². The molecule has 2 rings (SSSR count). The van der Waals surface area contributed by atoms with Gasteiger partial charge in [-0.25, -0.2) is 0 Å². The Kier molecular flexibility index (Phi) is 7.10. The number of nitrogens with zero attached hydrogens (tertiary/aromatic N) is 1. The number of benzene rings is 2. The molecule has 0 aliphatic heterocycles. The number of para-hydroxylation sites is 2. The first-order chi connectivity index (χ1) is 12.3. The maximum absolute atomic E-state index is 6.12. The summed E-state index contributed by atoms with van der Waals surface area (Å²) < 4.78 is 12.2. The van der Waals surface area contributed by atoms with Gasteiger partial charge in [0.25, 0.3) is 0 Å². The molecule has 0 N–H and O–H groups in total. The Morgan fingerprint density at radius 3 is 1.31 bits per heavy atom. The first-order valence-corrected chi connectivity index (χ1v) is 9.41. The van der Waals surface area contributed by atoms with E-state index in [-0.39, 0.29) is 0 Å². The molecule has 0 fully saturated rings. The number of likely N-dealkylation sites (N-methyl/N-ethyl adjacent to an activating group) is 1. The van der Waals surface area contributed by atoms with Crippen molar-refractivity contribution < 1.29 is 9.47 Å². The van der Waals surface area contributed by atoms with Crippen molar-refractivity contribution in [3.8, 4) is 11.5 Å². The average Bonchev–Trinajstić information content (AvgIpc) is 2.59. The predicted octanol–water partition coefficient (Wildman–Crippen LogP) is 5.09. The van der Waals surface area contributed by atoms with Crippen LogP contribution in [0.1, 0.15) is 36.1 Å². The summed E-state index contributed by atoms with van der Waals surface area (Å²) in [5.41, 5.74) is 4.75. The van der Waals surface area contributed by atoms with Crippen LogP contribution in [-0.2, 0) is 0 Å². The van der Waals surface area contributed by atoms with Crippen LogP contribution in [0.25, 0.3) is 0 Å². The molecule has 0 bridgehead atoms. The normalized spacial score (nSPS) is 13.5. The lowest BCUT2D eigenvalue weighted by atomic mass is 10.1. The van der Waals surface area contributed by atoms with E-state index >= 15 is 0 Å². The standard InChI is InChI=1S/C23H33NO2/c1-16-10-8-11-17(2)22(16)25-14-20(5)24(7)21(6)15-26-23-18(3)12-9-13-19(23)4/h8-13,20-21H,14-15H2,1-7H3.